The van der Waals surface area contributed by atoms with Gasteiger partial charge in [-0.1, -0.05) is 6.07 Å². The number of nitrogens with zero attached hydrogens (tertiary/aromatic N) is 1. The first-order valence-electron chi connectivity index (χ1n) is 4.26. The predicted molar refractivity (Wildman–Crippen MR) is 58.0 cm³/mol. The molecule has 0 amide bonds. The van der Waals surface area contributed by atoms with Gasteiger partial charge in [-0.2, -0.15) is 0 Å². The summed E-state index contributed by atoms with van der Waals surface area (Å²) in [5.41, 5.74) is -0.120. The summed E-state index contributed by atoms with van der Waals surface area (Å²) in [6.07, 6.45) is -0.670. The number of nitro groups is 1. The fourth-order valence-corrected chi connectivity index (χ4v) is 1.46. The summed E-state index contributed by atoms with van der Waals surface area (Å²) in [6, 6.07) is 4.55. The van der Waals surface area contributed by atoms with Gasteiger partial charge in [0.05, 0.1) is 15.5 Å². The summed E-state index contributed by atoms with van der Waals surface area (Å²) in [5.74, 6) is 0.142. The lowest BCUT2D eigenvalue weighted by Crippen LogP contribution is -2.13. The highest BCUT2D eigenvalue weighted by atomic mass is 79.9. The zero-order chi connectivity index (χ0) is 11.4. The van der Waals surface area contributed by atoms with Crippen LogP contribution in [0.25, 0.3) is 0 Å². The zero-order valence-electron chi connectivity index (χ0n) is 8.01. The van der Waals surface area contributed by atoms with E-state index < -0.39 is 11.0 Å². The third-order valence-electron chi connectivity index (χ3n) is 1.61. The highest BCUT2D eigenvalue weighted by Gasteiger charge is 2.18. The van der Waals surface area contributed by atoms with E-state index in [1.165, 1.54) is 6.07 Å². The number of nitro benzene ring substituents is 1. The van der Waals surface area contributed by atoms with Gasteiger partial charge in [0.2, 0.25) is 5.75 Å². The Balaban J connectivity index is 2.97. The Morgan fingerprint density at radius 3 is 2.87 bits per heavy atom. The fraction of sp³-hybridized carbons (Fsp3) is 0.333. The minimum absolute atomic E-state index is 0.0173. The molecule has 0 saturated carbocycles. The first-order valence-corrected chi connectivity index (χ1v) is 5.05. The monoisotopic (exact) mass is 275 g/mol. The number of aliphatic hydroxyl groups excluding tert-OH is 1. The van der Waals surface area contributed by atoms with Crippen LogP contribution in [0.4, 0.5) is 5.69 Å². The Bertz CT molecular complexity index is 367. The molecule has 0 spiro atoms. The standard InChI is InChI=1S/C9H10BrNO4/c1-6(12)5-15-9-7(10)3-2-4-8(9)11(13)14/h2-4,6,12H,5H2,1H3. The number of hydrogen-bond acceptors (Lipinski definition) is 4. The van der Waals surface area contributed by atoms with E-state index >= 15 is 0 Å². The molecule has 5 nitrogen and oxygen atoms in total. The van der Waals surface area contributed by atoms with Gasteiger partial charge < -0.3 is 9.84 Å². The molecule has 15 heavy (non-hydrogen) atoms. The molecule has 1 N–H and O–H groups in total. The van der Waals surface area contributed by atoms with Gasteiger partial charge in [0.1, 0.15) is 6.61 Å². The van der Waals surface area contributed by atoms with Crippen LogP contribution < -0.4 is 4.74 Å². The van der Waals surface area contributed by atoms with E-state index in [1.807, 2.05) is 0 Å². The molecular formula is C9H10BrNO4. The minimum atomic E-state index is -0.670. The lowest BCUT2D eigenvalue weighted by molar-refractivity contribution is -0.386. The minimum Gasteiger partial charge on any atom is -0.483 e. The third kappa shape index (κ3) is 3.17. The van der Waals surface area contributed by atoms with Crippen molar-refractivity contribution >= 4 is 21.6 Å². The van der Waals surface area contributed by atoms with Gasteiger partial charge in [-0.05, 0) is 28.9 Å². The number of halogens is 1. The van der Waals surface area contributed by atoms with Crippen molar-refractivity contribution in [1.82, 2.24) is 0 Å². The topological polar surface area (TPSA) is 72.6 Å². The molecule has 82 valence electrons. The average molecular weight is 276 g/mol. The number of hydrogen-bond donors (Lipinski definition) is 1. The lowest BCUT2D eigenvalue weighted by Gasteiger charge is -2.09. The van der Waals surface area contributed by atoms with Crippen LogP contribution in [0.3, 0.4) is 0 Å². The second kappa shape index (κ2) is 5.09. The zero-order valence-corrected chi connectivity index (χ0v) is 9.60. The van der Waals surface area contributed by atoms with Crippen molar-refractivity contribution in [2.75, 3.05) is 6.61 Å². The lowest BCUT2D eigenvalue weighted by atomic mass is 10.3. The van der Waals surface area contributed by atoms with E-state index in [0.29, 0.717) is 4.47 Å². The molecule has 0 aliphatic rings. The Labute approximate surface area is 95.0 Å². The number of rotatable bonds is 4. The molecule has 0 aliphatic carbocycles. The molecule has 6 heteroatoms. The quantitative estimate of drug-likeness (QED) is 0.675. The van der Waals surface area contributed by atoms with Gasteiger partial charge in [-0.3, -0.25) is 10.1 Å². The van der Waals surface area contributed by atoms with Crippen molar-refractivity contribution in [2.24, 2.45) is 0 Å². The van der Waals surface area contributed by atoms with Crippen molar-refractivity contribution in [3.05, 3.63) is 32.8 Å². The molecule has 1 aromatic rings. The number of aliphatic hydroxyl groups is 1. The smallest absolute Gasteiger partial charge is 0.312 e. The molecule has 0 saturated heterocycles. The van der Waals surface area contributed by atoms with Crippen LogP contribution in [-0.4, -0.2) is 22.7 Å². The molecule has 0 aliphatic heterocycles. The first kappa shape index (κ1) is 11.9. The van der Waals surface area contributed by atoms with Gasteiger partial charge >= 0.3 is 5.69 Å². The fourth-order valence-electron chi connectivity index (χ4n) is 0.988. The molecule has 0 heterocycles. The second-order valence-electron chi connectivity index (χ2n) is 3.01. The SMILES string of the molecule is CC(O)COc1c(Br)cccc1[N+](=O)[O-]. The van der Waals surface area contributed by atoms with Crippen LogP contribution in [0.2, 0.25) is 0 Å². The molecule has 1 atom stereocenters. The number of benzene rings is 1. The predicted octanol–water partition coefficient (Wildman–Crippen LogP) is 2.12. The Morgan fingerprint density at radius 2 is 2.33 bits per heavy atom. The summed E-state index contributed by atoms with van der Waals surface area (Å²) in [7, 11) is 0. The van der Waals surface area contributed by atoms with Gasteiger partial charge in [0.15, 0.2) is 0 Å². The Kier molecular flexibility index (Phi) is 4.05. The maximum absolute atomic E-state index is 10.7. The van der Waals surface area contributed by atoms with Gasteiger partial charge in [0, 0.05) is 6.07 Å². The summed E-state index contributed by atoms with van der Waals surface area (Å²) in [6.45, 7) is 1.56. The summed E-state index contributed by atoms with van der Waals surface area (Å²) in [4.78, 5) is 10.1. The molecule has 1 unspecified atom stereocenters. The van der Waals surface area contributed by atoms with Crippen LogP contribution in [0, 0.1) is 10.1 Å². The van der Waals surface area contributed by atoms with E-state index in [2.05, 4.69) is 15.9 Å². The molecule has 0 bridgehead atoms. The van der Waals surface area contributed by atoms with Crippen molar-refractivity contribution < 1.29 is 14.8 Å². The van der Waals surface area contributed by atoms with E-state index in [4.69, 9.17) is 9.84 Å². The van der Waals surface area contributed by atoms with Crippen molar-refractivity contribution in [2.45, 2.75) is 13.0 Å². The molecule has 0 aromatic heterocycles. The highest BCUT2D eigenvalue weighted by molar-refractivity contribution is 9.10. The summed E-state index contributed by atoms with van der Waals surface area (Å²) >= 11 is 3.15. The van der Waals surface area contributed by atoms with Crippen molar-refractivity contribution in [3.8, 4) is 5.75 Å². The maximum Gasteiger partial charge on any atom is 0.312 e. The molecule has 1 rings (SSSR count). The summed E-state index contributed by atoms with van der Waals surface area (Å²) in [5, 5.41) is 19.7. The van der Waals surface area contributed by atoms with Crippen molar-refractivity contribution in [3.63, 3.8) is 0 Å². The van der Waals surface area contributed by atoms with Crippen LogP contribution in [0.5, 0.6) is 5.75 Å². The van der Waals surface area contributed by atoms with E-state index in [0.717, 1.165) is 0 Å². The Hall–Kier alpha value is -1.14. The van der Waals surface area contributed by atoms with Crippen LogP contribution in [0.1, 0.15) is 6.92 Å². The number of para-hydroxylation sites is 1. The van der Waals surface area contributed by atoms with E-state index in [1.54, 1.807) is 19.1 Å². The average Bonchev–Trinajstić information content (AvgIpc) is 2.15. The van der Waals surface area contributed by atoms with Crippen LogP contribution >= 0.6 is 15.9 Å². The largest absolute Gasteiger partial charge is 0.483 e. The van der Waals surface area contributed by atoms with Crippen LogP contribution in [0.15, 0.2) is 22.7 Å². The van der Waals surface area contributed by atoms with Gasteiger partial charge in [-0.15, -0.1) is 0 Å². The maximum atomic E-state index is 10.7. The second-order valence-corrected chi connectivity index (χ2v) is 3.86. The van der Waals surface area contributed by atoms with Gasteiger partial charge in [-0.25, -0.2) is 0 Å². The van der Waals surface area contributed by atoms with E-state index in [9.17, 15) is 10.1 Å². The molecular weight excluding hydrogens is 266 g/mol. The van der Waals surface area contributed by atoms with Crippen LogP contribution in [-0.2, 0) is 0 Å². The normalized spacial score (nSPS) is 12.2. The molecule has 0 fully saturated rings. The molecule has 1 aromatic carbocycles. The first-order chi connectivity index (χ1) is 7.02. The summed E-state index contributed by atoms with van der Waals surface area (Å²) < 4.78 is 5.65. The number of ether oxygens (including phenoxy) is 1. The Morgan fingerprint density at radius 1 is 1.67 bits per heavy atom. The molecule has 0 radical (unpaired) electrons. The third-order valence-corrected chi connectivity index (χ3v) is 2.24. The van der Waals surface area contributed by atoms with E-state index in [-0.39, 0.29) is 18.0 Å². The van der Waals surface area contributed by atoms with Crippen molar-refractivity contribution in [1.29, 1.82) is 0 Å². The highest BCUT2D eigenvalue weighted by Crippen LogP contribution is 2.34. The van der Waals surface area contributed by atoms with Gasteiger partial charge in [0.25, 0.3) is 0 Å².